The Bertz CT molecular complexity index is 812. The second-order valence-corrected chi connectivity index (χ2v) is 9.38. The zero-order valence-corrected chi connectivity index (χ0v) is 18.5. The second kappa shape index (κ2) is 8.92. The zero-order valence-electron chi connectivity index (χ0n) is 18.5. The summed E-state index contributed by atoms with van der Waals surface area (Å²) < 4.78 is 1.76. The van der Waals surface area contributed by atoms with Crippen molar-refractivity contribution in [3.05, 3.63) is 29.6 Å². The molecule has 0 aliphatic carbocycles. The fourth-order valence-corrected chi connectivity index (χ4v) is 5.55. The normalized spacial score (nSPS) is 28.8. The summed E-state index contributed by atoms with van der Waals surface area (Å²) in [4.78, 5) is 30.3. The number of likely N-dealkylation sites (tertiary alicyclic amines) is 1. The van der Waals surface area contributed by atoms with E-state index in [2.05, 4.69) is 40.1 Å². The molecular weight excluding hydrogens is 378 g/mol. The molecule has 1 aromatic heterocycles. The van der Waals surface area contributed by atoms with E-state index in [0.29, 0.717) is 36.4 Å². The summed E-state index contributed by atoms with van der Waals surface area (Å²) in [7, 11) is 0. The van der Waals surface area contributed by atoms with Crippen LogP contribution in [0.4, 0.5) is 0 Å². The Balaban J connectivity index is 1.49. The SMILES string of the molecule is CCn1cc(C(=O)NC[C@H]2[C@H]3C[C@H](CN(CC=C(C)C)C3)[C@@H]3CCCC(=O)N32)cn1. The molecule has 4 rings (SSSR count). The van der Waals surface area contributed by atoms with Gasteiger partial charge in [-0.2, -0.15) is 5.10 Å². The van der Waals surface area contributed by atoms with Gasteiger partial charge in [0.1, 0.15) is 0 Å². The minimum absolute atomic E-state index is 0.0822. The van der Waals surface area contributed by atoms with E-state index < -0.39 is 0 Å². The molecule has 30 heavy (non-hydrogen) atoms. The quantitative estimate of drug-likeness (QED) is 0.727. The maximum absolute atomic E-state index is 12.9. The number of hydrogen-bond donors (Lipinski definition) is 1. The number of carbonyl (C=O) groups excluding carboxylic acids is 2. The largest absolute Gasteiger partial charge is 0.350 e. The third-order valence-corrected chi connectivity index (χ3v) is 7.02. The second-order valence-electron chi connectivity index (χ2n) is 9.38. The summed E-state index contributed by atoms with van der Waals surface area (Å²) >= 11 is 0. The summed E-state index contributed by atoms with van der Waals surface area (Å²) in [6.45, 7) is 10.6. The summed E-state index contributed by atoms with van der Waals surface area (Å²) in [5.74, 6) is 1.13. The molecule has 0 unspecified atom stereocenters. The van der Waals surface area contributed by atoms with Gasteiger partial charge in [-0.1, -0.05) is 11.6 Å². The number of allylic oxidation sites excluding steroid dienone is 1. The zero-order chi connectivity index (χ0) is 21.3. The van der Waals surface area contributed by atoms with Crippen LogP contribution in [0, 0.1) is 11.8 Å². The Morgan fingerprint density at radius 3 is 2.83 bits per heavy atom. The molecule has 0 radical (unpaired) electrons. The summed E-state index contributed by atoms with van der Waals surface area (Å²) in [6.07, 6.45) is 9.58. The number of hydrogen-bond acceptors (Lipinski definition) is 4. The van der Waals surface area contributed by atoms with Gasteiger partial charge in [0.2, 0.25) is 5.91 Å². The third-order valence-electron chi connectivity index (χ3n) is 7.02. The van der Waals surface area contributed by atoms with Gasteiger partial charge >= 0.3 is 0 Å². The van der Waals surface area contributed by atoms with Crippen molar-refractivity contribution in [2.45, 2.75) is 65.1 Å². The Morgan fingerprint density at radius 1 is 1.30 bits per heavy atom. The van der Waals surface area contributed by atoms with Gasteiger partial charge in [-0.25, -0.2) is 0 Å². The van der Waals surface area contributed by atoms with E-state index >= 15 is 0 Å². The van der Waals surface area contributed by atoms with Crippen molar-refractivity contribution in [3.8, 4) is 0 Å². The Hall–Kier alpha value is -2.15. The first-order valence-electron chi connectivity index (χ1n) is 11.4. The Morgan fingerprint density at radius 2 is 2.10 bits per heavy atom. The van der Waals surface area contributed by atoms with Gasteiger partial charge in [0.15, 0.2) is 0 Å². The lowest BCUT2D eigenvalue weighted by Crippen LogP contribution is -2.67. The molecule has 4 atom stereocenters. The number of amides is 2. The maximum atomic E-state index is 12.9. The number of nitrogens with zero attached hydrogens (tertiary/aromatic N) is 4. The van der Waals surface area contributed by atoms with E-state index in [0.717, 1.165) is 45.4 Å². The molecule has 2 amide bonds. The fourth-order valence-electron chi connectivity index (χ4n) is 5.55. The molecule has 2 bridgehead atoms. The molecule has 7 heteroatoms. The highest BCUT2D eigenvalue weighted by Crippen LogP contribution is 2.41. The van der Waals surface area contributed by atoms with Gasteiger partial charge in [-0.15, -0.1) is 0 Å². The third kappa shape index (κ3) is 4.31. The van der Waals surface area contributed by atoms with Crippen molar-refractivity contribution < 1.29 is 9.59 Å². The van der Waals surface area contributed by atoms with Crippen LogP contribution >= 0.6 is 0 Å². The molecule has 4 heterocycles. The standard InChI is InChI=1S/C23H35N5O2/c1-4-27-15-19(11-25-27)23(30)24-12-21-18-10-17(13-26(14-18)9-8-16(2)3)20-6-5-7-22(29)28(20)21/h8,11,15,17-18,20-21H,4-7,9-10,12-14H2,1-3H3,(H,24,30)/t17-,18+,20+,21+/m1/s1. The number of piperidine rings is 3. The maximum Gasteiger partial charge on any atom is 0.254 e. The molecule has 0 spiro atoms. The first kappa shape index (κ1) is 21.1. The van der Waals surface area contributed by atoms with Crippen molar-refractivity contribution in [2.24, 2.45) is 11.8 Å². The first-order chi connectivity index (χ1) is 14.5. The average molecular weight is 414 g/mol. The van der Waals surface area contributed by atoms with Crippen LogP contribution in [0.25, 0.3) is 0 Å². The number of aromatic nitrogens is 2. The van der Waals surface area contributed by atoms with Crippen LogP contribution in [0.3, 0.4) is 0 Å². The molecule has 3 saturated heterocycles. The molecule has 3 fully saturated rings. The molecule has 1 aromatic rings. The Kier molecular flexibility index (Phi) is 6.27. The monoisotopic (exact) mass is 413 g/mol. The van der Waals surface area contributed by atoms with E-state index in [4.69, 9.17) is 0 Å². The molecular formula is C23H35N5O2. The molecule has 7 nitrogen and oxygen atoms in total. The van der Waals surface area contributed by atoms with E-state index in [9.17, 15) is 9.59 Å². The van der Waals surface area contributed by atoms with Crippen LogP contribution in [0.15, 0.2) is 24.0 Å². The van der Waals surface area contributed by atoms with Gasteiger partial charge < -0.3 is 10.2 Å². The van der Waals surface area contributed by atoms with E-state index in [1.807, 2.05) is 6.92 Å². The lowest BCUT2D eigenvalue weighted by molar-refractivity contribution is -0.152. The number of fused-ring (bicyclic) bond motifs is 4. The molecule has 0 saturated carbocycles. The highest BCUT2D eigenvalue weighted by Gasteiger charge is 2.49. The summed E-state index contributed by atoms with van der Waals surface area (Å²) in [5.41, 5.74) is 1.93. The minimum Gasteiger partial charge on any atom is -0.350 e. The van der Waals surface area contributed by atoms with Gasteiger partial charge in [0.05, 0.1) is 17.8 Å². The molecule has 3 aliphatic heterocycles. The summed E-state index contributed by atoms with van der Waals surface area (Å²) in [6, 6.07) is 0.403. The van der Waals surface area contributed by atoms with Crippen LogP contribution in [-0.4, -0.2) is 69.7 Å². The van der Waals surface area contributed by atoms with Crippen molar-refractivity contribution in [2.75, 3.05) is 26.2 Å². The van der Waals surface area contributed by atoms with Crippen LogP contribution in [0.5, 0.6) is 0 Å². The number of nitrogens with one attached hydrogen (secondary N) is 1. The molecule has 164 valence electrons. The molecule has 3 aliphatic rings. The van der Waals surface area contributed by atoms with E-state index in [1.165, 1.54) is 5.57 Å². The highest BCUT2D eigenvalue weighted by molar-refractivity contribution is 5.93. The predicted molar refractivity (Wildman–Crippen MR) is 116 cm³/mol. The number of rotatable bonds is 6. The van der Waals surface area contributed by atoms with Crippen molar-refractivity contribution in [3.63, 3.8) is 0 Å². The minimum atomic E-state index is -0.102. The number of aryl methyl sites for hydroxylation is 1. The topological polar surface area (TPSA) is 70.5 Å². The Labute approximate surface area is 179 Å². The van der Waals surface area contributed by atoms with Gasteiger partial charge in [-0.3, -0.25) is 19.2 Å². The van der Waals surface area contributed by atoms with Crippen molar-refractivity contribution in [1.29, 1.82) is 0 Å². The summed E-state index contributed by atoms with van der Waals surface area (Å²) in [5, 5.41) is 7.31. The number of carbonyl (C=O) groups is 2. The van der Waals surface area contributed by atoms with Gasteiger partial charge in [0.25, 0.3) is 5.91 Å². The lowest BCUT2D eigenvalue weighted by Gasteiger charge is -2.56. The average Bonchev–Trinajstić information content (AvgIpc) is 3.22. The van der Waals surface area contributed by atoms with Crippen molar-refractivity contribution >= 4 is 11.8 Å². The van der Waals surface area contributed by atoms with E-state index in [-0.39, 0.29) is 17.9 Å². The lowest BCUT2D eigenvalue weighted by atomic mass is 9.72. The van der Waals surface area contributed by atoms with Gasteiger partial charge in [-0.05, 0) is 51.9 Å². The fraction of sp³-hybridized carbons (Fsp3) is 0.696. The van der Waals surface area contributed by atoms with Crippen molar-refractivity contribution in [1.82, 2.24) is 24.9 Å². The van der Waals surface area contributed by atoms with Crippen LogP contribution < -0.4 is 5.32 Å². The van der Waals surface area contributed by atoms with Crippen LogP contribution in [0.2, 0.25) is 0 Å². The molecule has 0 aromatic carbocycles. The highest BCUT2D eigenvalue weighted by atomic mass is 16.2. The first-order valence-corrected chi connectivity index (χ1v) is 11.4. The van der Waals surface area contributed by atoms with Crippen LogP contribution in [0.1, 0.15) is 56.8 Å². The van der Waals surface area contributed by atoms with Gasteiger partial charge in [0, 0.05) is 51.4 Å². The van der Waals surface area contributed by atoms with Crippen LogP contribution in [-0.2, 0) is 11.3 Å². The predicted octanol–water partition coefficient (Wildman–Crippen LogP) is 2.30. The molecule has 1 N–H and O–H groups in total. The smallest absolute Gasteiger partial charge is 0.254 e. The van der Waals surface area contributed by atoms with E-state index in [1.54, 1.807) is 17.1 Å².